The molecule has 0 aromatic carbocycles. The molecule has 0 amide bonds. The van der Waals surface area contributed by atoms with Crippen molar-refractivity contribution in [1.29, 1.82) is 0 Å². The molecule has 18 nitrogen and oxygen atoms in total. The van der Waals surface area contributed by atoms with E-state index in [1.807, 2.05) is 6.92 Å². The van der Waals surface area contributed by atoms with Gasteiger partial charge in [0.2, 0.25) is 0 Å². The van der Waals surface area contributed by atoms with Gasteiger partial charge in [0.25, 0.3) is 0 Å². The number of fused-ring (bicyclic) bond motifs is 6. The zero-order valence-corrected chi connectivity index (χ0v) is 39.4. The van der Waals surface area contributed by atoms with E-state index in [0.29, 0.717) is 19.3 Å². The summed E-state index contributed by atoms with van der Waals surface area (Å²) in [7, 11) is 0. The number of hydrogen-bond donors (Lipinski definition) is 12. The highest BCUT2D eigenvalue weighted by Crippen LogP contribution is 2.74. The van der Waals surface area contributed by atoms with Gasteiger partial charge in [-0.25, -0.2) is 0 Å². The average molecular weight is 943 g/mol. The molecule has 8 aliphatic rings. The Morgan fingerprint density at radius 3 is 1.82 bits per heavy atom. The van der Waals surface area contributed by atoms with Crippen molar-refractivity contribution in [3.05, 3.63) is 23.3 Å². The van der Waals surface area contributed by atoms with Gasteiger partial charge in [0.05, 0.1) is 44.7 Å². The maximum Gasteiger partial charge on any atom is 0.187 e. The number of aliphatic hydroxyl groups is 12. The van der Waals surface area contributed by atoms with Gasteiger partial charge in [0, 0.05) is 16.2 Å². The maximum atomic E-state index is 12.1. The first-order chi connectivity index (χ1) is 30.9. The Bertz CT molecular complexity index is 1810. The van der Waals surface area contributed by atoms with Gasteiger partial charge in [-0.1, -0.05) is 59.3 Å². The van der Waals surface area contributed by atoms with E-state index < -0.39 is 128 Å². The lowest BCUT2D eigenvalue weighted by Crippen LogP contribution is -2.67. The van der Waals surface area contributed by atoms with E-state index in [1.54, 1.807) is 6.92 Å². The van der Waals surface area contributed by atoms with Crippen LogP contribution in [0.15, 0.2) is 23.3 Å². The van der Waals surface area contributed by atoms with E-state index in [2.05, 4.69) is 46.8 Å². The highest BCUT2D eigenvalue weighted by atomic mass is 16.8. The van der Waals surface area contributed by atoms with Gasteiger partial charge in [0.15, 0.2) is 18.9 Å². The zero-order valence-electron chi connectivity index (χ0n) is 39.4. The Kier molecular flexibility index (Phi) is 14.0. The molecule has 0 unspecified atom stereocenters. The van der Waals surface area contributed by atoms with Crippen molar-refractivity contribution in [1.82, 2.24) is 0 Å². The van der Waals surface area contributed by atoms with Crippen molar-refractivity contribution in [2.75, 3.05) is 26.4 Å². The second-order valence-electron chi connectivity index (χ2n) is 23.1. The van der Waals surface area contributed by atoms with Crippen LogP contribution in [0.1, 0.15) is 99.8 Å². The highest BCUT2D eigenvalue weighted by Gasteiger charge is 2.69. The third kappa shape index (κ3) is 7.75. The molecule has 0 radical (unpaired) electrons. The third-order valence-corrected chi connectivity index (χ3v) is 19.0. The molecule has 0 bridgehead atoms. The Labute approximate surface area is 387 Å². The molecule has 12 N–H and O–H groups in total. The summed E-state index contributed by atoms with van der Waals surface area (Å²) < 4.78 is 35.7. The van der Waals surface area contributed by atoms with Crippen LogP contribution in [-0.2, 0) is 28.4 Å². The molecule has 3 heterocycles. The van der Waals surface area contributed by atoms with Crippen LogP contribution >= 0.6 is 0 Å². The Balaban J connectivity index is 1.01. The summed E-state index contributed by atoms with van der Waals surface area (Å²) in [6, 6.07) is 0. The molecule has 5 aliphatic carbocycles. The first kappa shape index (κ1) is 51.1. The second-order valence-corrected chi connectivity index (χ2v) is 23.1. The first-order valence-electron chi connectivity index (χ1n) is 24.1. The predicted molar refractivity (Wildman–Crippen MR) is 231 cm³/mol. The highest BCUT2D eigenvalue weighted by molar-refractivity contribution is 5.47. The number of rotatable bonds is 10. The minimum atomic E-state index is -1.91. The van der Waals surface area contributed by atoms with Gasteiger partial charge in [-0.05, 0) is 91.9 Å². The molecule has 66 heavy (non-hydrogen) atoms. The molecule has 18 heteroatoms. The number of aliphatic hydroxyl groups excluding tert-OH is 12. The Morgan fingerprint density at radius 2 is 1.21 bits per heavy atom. The predicted octanol–water partition coefficient (Wildman–Crippen LogP) is -0.495. The van der Waals surface area contributed by atoms with Gasteiger partial charge in [0.1, 0.15) is 67.1 Å². The summed E-state index contributed by atoms with van der Waals surface area (Å²) in [5.41, 5.74) is 0.115. The van der Waals surface area contributed by atoms with Gasteiger partial charge < -0.3 is 89.7 Å². The normalized spacial score (nSPS) is 54.8. The molecule has 3 aliphatic heterocycles. The molecule has 0 aromatic heterocycles. The van der Waals surface area contributed by atoms with Gasteiger partial charge in [-0.3, -0.25) is 0 Å². The first-order valence-corrected chi connectivity index (χ1v) is 24.1. The van der Waals surface area contributed by atoms with Crippen LogP contribution in [0, 0.1) is 44.3 Å². The van der Waals surface area contributed by atoms with Crippen LogP contribution in [0.5, 0.6) is 0 Å². The van der Waals surface area contributed by atoms with E-state index >= 15 is 0 Å². The number of hydrogen-bond acceptors (Lipinski definition) is 18. The fourth-order valence-corrected chi connectivity index (χ4v) is 14.5. The molecule has 0 spiro atoms. The fraction of sp³-hybridized carbons (Fsp3) is 0.917. The number of allylic oxidation sites excluding steroid dienone is 3. The molecule has 378 valence electrons. The van der Waals surface area contributed by atoms with Crippen molar-refractivity contribution in [2.24, 2.45) is 44.3 Å². The van der Waals surface area contributed by atoms with Crippen LogP contribution in [0.25, 0.3) is 0 Å². The van der Waals surface area contributed by atoms with Crippen LogP contribution in [0.4, 0.5) is 0 Å². The minimum Gasteiger partial charge on any atom is -0.396 e. The molecule has 8 rings (SSSR count). The van der Waals surface area contributed by atoms with Crippen LogP contribution < -0.4 is 0 Å². The topological polar surface area (TPSA) is 298 Å². The molecule has 3 saturated carbocycles. The van der Waals surface area contributed by atoms with Crippen molar-refractivity contribution in [3.63, 3.8) is 0 Å². The van der Waals surface area contributed by atoms with Crippen LogP contribution in [0.3, 0.4) is 0 Å². The van der Waals surface area contributed by atoms with Crippen LogP contribution in [0.2, 0.25) is 0 Å². The maximum absolute atomic E-state index is 12.1. The monoisotopic (exact) mass is 943 g/mol. The molecule has 0 aromatic rings. The fourth-order valence-electron chi connectivity index (χ4n) is 14.5. The SMILES string of the molecule is C[C@@H]1O[C@H](O[C@H]2CC[C@]3(C)[C@@H](CC[C@]4(C)[C@@H]3C=CC3=C5CC(C)(C)CC[C@@]5(CO)[C@@H](O)C[C@]34C)[C@]2(C)CO)[C@@H](O)[C@H](O[C@H]2O[C@@H](CO)[C@H](O)[C@@H](O[C@H]3O[C@@H](CO)[C@H](O)[C@@H](O)[C@@H]3O)[C@@H]2O)[C@H]1O. The Morgan fingerprint density at radius 1 is 0.621 bits per heavy atom. The van der Waals surface area contributed by atoms with Gasteiger partial charge in [-0.2, -0.15) is 0 Å². The van der Waals surface area contributed by atoms with Crippen molar-refractivity contribution in [2.45, 2.75) is 204 Å². The van der Waals surface area contributed by atoms with Crippen molar-refractivity contribution in [3.8, 4) is 0 Å². The quantitative estimate of drug-likeness (QED) is 0.123. The summed E-state index contributed by atoms with van der Waals surface area (Å²) in [5, 5.41) is 131. The largest absolute Gasteiger partial charge is 0.396 e. The van der Waals surface area contributed by atoms with E-state index in [4.69, 9.17) is 28.4 Å². The summed E-state index contributed by atoms with van der Waals surface area (Å²) in [6.07, 6.45) is -15.1. The van der Waals surface area contributed by atoms with E-state index in [-0.39, 0.29) is 46.7 Å². The summed E-state index contributed by atoms with van der Waals surface area (Å²) >= 11 is 0. The standard InChI is InChI=1S/C48H78O18/c1-22-31(54)38(65-42-37(60)39(33(56)26(19-50)63-42)66-40-35(58)34(57)32(55)25(18-49)62-40)36(59)41(61-22)64-30-11-12-44(4)27(45(30,5)20-51)10-13-46(6)28(44)9-8-23-24-16-43(2,3)14-15-48(24,21-52)29(53)17-47(23,46)7/h8-9,22,25-42,49-60H,10-21H2,1-7H3/t22-,25-,26-,27+,28+,29-,30-,31-,32-,33-,34+,35-,36-,37-,38+,39+,40+,41+,42+,44+,45-,46+,47+,48-/m0/s1. The number of ether oxygens (including phenoxy) is 6. The molecule has 6 fully saturated rings. The lowest BCUT2D eigenvalue weighted by molar-refractivity contribution is -0.383. The lowest BCUT2D eigenvalue weighted by Gasteiger charge is -2.70. The Hall–Kier alpha value is -1.24. The summed E-state index contributed by atoms with van der Waals surface area (Å²) in [4.78, 5) is 0. The summed E-state index contributed by atoms with van der Waals surface area (Å²) in [5.74, 6) is 0.0357. The smallest absolute Gasteiger partial charge is 0.187 e. The average Bonchev–Trinajstić information content (AvgIpc) is 3.27. The van der Waals surface area contributed by atoms with E-state index in [9.17, 15) is 61.3 Å². The second kappa shape index (κ2) is 18.1. The molecular formula is C48H78O18. The molecule has 24 atom stereocenters. The minimum absolute atomic E-state index is 0.0444. The van der Waals surface area contributed by atoms with Crippen LogP contribution in [-0.4, -0.2) is 192 Å². The zero-order chi connectivity index (χ0) is 48.3. The van der Waals surface area contributed by atoms with Gasteiger partial charge in [-0.15, -0.1) is 0 Å². The third-order valence-electron chi connectivity index (χ3n) is 19.0. The van der Waals surface area contributed by atoms with E-state index in [1.165, 1.54) is 11.1 Å². The van der Waals surface area contributed by atoms with E-state index in [0.717, 1.165) is 32.1 Å². The van der Waals surface area contributed by atoms with Gasteiger partial charge >= 0.3 is 0 Å². The van der Waals surface area contributed by atoms with Crippen molar-refractivity contribution < 1.29 is 89.7 Å². The molecule has 3 saturated heterocycles. The summed E-state index contributed by atoms with van der Waals surface area (Å²) in [6.45, 7) is 13.2. The van der Waals surface area contributed by atoms with Crippen molar-refractivity contribution >= 4 is 0 Å². The lowest BCUT2D eigenvalue weighted by atomic mass is 9.35. The molecular weight excluding hydrogens is 865 g/mol.